The molecule has 0 bridgehead atoms. The van der Waals surface area contributed by atoms with Gasteiger partial charge in [0.05, 0.1) is 21.2 Å². The molecule has 0 aliphatic heterocycles. The number of rotatable bonds is 1. The van der Waals surface area contributed by atoms with Crippen LogP contribution in [-0.2, 0) is 0 Å². The molecule has 0 fully saturated rings. The Bertz CT molecular complexity index is 838. The summed E-state index contributed by atoms with van der Waals surface area (Å²) >= 11 is 8.26. The van der Waals surface area contributed by atoms with E-state index in [4.69, 9.17) is 12.2 Å². The molecule has 0 aliphatic rings. The lowest BCUT2D eigenvalue weighted by Gasteiger charge is -2.07. The van der Waals surface area contributed by atoms with Crippen LogP contribution in [0.4, 0.5) is 8.78 Å². The summed E-state index contributed by atoms with van der Waals surface area (Å²) in [5, 5.41) is 0. The van der Waals surface area contributed by atoms with E-state index in [1.807, 2.05) is 24.3 Å². The van der Waals surface area contributed by atoms with Gasteiger partial charge < -0.3 is 4.98 Å². The number of H-pyrrole nitrogens is 1. The van der Waals surface area contributed by atoms with Crippen LogP contribution in [0.1, 0.15) is 0 Å². The van der Waals surface area contributed by atoms with Crippen LogP contribution in [0.3, 0.4) is 0 Å². The van der Waals surface area contributed by atoms with Crippen LogP contribution in [-0.4, -0.2) is 9.55 Å². The predicted molar refractivity (Wildman–Crippen MR) is 76.1 cm³/mol. The lowest BCUT2D eigenvalue weighted by molar-refractivity contribution is 0.574. The van der Waals surface area contributed by atoms with Crippen molar-refractivity contribution < 1.29 is 8.78 Å². The Morgan fingerprint density at radius 1 is 1.11 bits per heavy atom. The fourth-order valence-corrected chi connectivity index (χ4v) is 2.62. The maximum absolute atomic E-state index is 14.0. The Labute approximate surface area is 120 Å². The fourth-order valence-electron chi connectivity index (χ4n) is 1.98. The highest BCUT2D eigenvalue weighted by Gasteiger charge is 2.13. The van der Waals surface area contributed by atoms with Crippen LogP contribution in [0.2, 0.25) is 0 Å². The van der Waals surface area contributed by atoms with E-state index in [2.05, 4.69) is 20.9 Å². The van der Waals surface area contributed by atoms with Crippen molar-refractivity contribution in [2.45, 2.75) is 0 Å². The minimum Gasteiger partial charge on any atom is -0.330 e. The summed E-state index contributed by atoms with van der Waals surface area (Å²) in [4.78, 5) is 2.99. The van der Waals surface area contributed by atoms with Gasteiger partial charge in [0.25, 0.3) is 0 Å². The minimum absolute atomic E-state index is 0.191. The second-order valence-corrected chi connectivity index (χ2v) is 5.24. The number of nitrogens with zero attached hydrogens (tertiary/aromatic N) is 1. The van der Waals surface area contributed by atoms with Crippen LogP contribution in [0, 0.1) is 16.4 Å². The molecule has 0 saturated carbocycles. The van der Waals surface area contributed by atoms with Crippen molar-refractivity contribution in [3.8, 4) is 5.69 Å². The highest BCUT2D eigenvalue weighted by molar-refractivity contribution is 9.10. The first kappa shape index (κ1) is 12.5. The van der Waals surface area contributed by atoms with Crippen LogP contribution in [0.5, 0.6) is 0 Å². The number of benzene rings is 2. The Kier molecular flexibility index (Phi) is 2.99. The van der Waals surface area contributed by atoms with E-state index in [-0.39, 0.29) is 10.2 Å². The van der Waals surface area contributed by atoms with Crippen molar-refractivity contribution in [2.24, 2.45) is 0 Å². The first-order chi connectivity index (χ1) is 9.08. The number of hydrogen-bond acceptors (Lipinski definition) is 1. The molecule has 0 saturated heterocycles. The first-order valence-electron chi connectivity index (χ1n) is 5.42. The third kappa shape index (κ3) is 2.01. The van der Waals surface area contributed by atoms with Crippen molar-refractivity contribution in [3.63, 3.8) is 0 Å². The van der Waals surface area contributed by atoms with Gasteiger partial charge >= 0.3 is 0 Å². The summed E-state index contributed by atoms with van der Waals surface area (Å²) in [6.45, 7) is 0. The number of para-hydroxylation sites is 2. The lowest BCUT2D eigenvalue weighted by Crippen LogP contribution is -1.99. The molecule has 0 amide bonds. The number of aromatic nitrogens is 2. The van der Waals surface area contributed by atoms with E-state index >= 15 is 0 Å². The molecular formula is C13H7BrF2N2S. The van der Waals surface area contributed by atoms with Gasteiger partial charge in [-0.15, -0.1) is 0 Å². The molecule has 6 heteroatoms. The maximum Gasteiger partial charge on any atom is 0.182 e. The normalized spacial score (nSPS) is 11.1. The number of aromatic amines is 1. The smallest absolute Gasteiger partial charge is 0.182 e. The molecule has 0 unspecified atom stereocenters. The van der Waals surface area contributed by atoms with Crippen LogP contribution in [0.15, 0.2) is 40.9 Å². The third-order valence-electron chi connectivity index (χ3n) is 2.82. The standard InChI is InChI=1S/C13H7BrF2N2S/c14-7-5-12(9(16)6-8(7)15)18-11-4-2-1-3-10(11)17-13(18)19/h1-6H,(H,17,19). The quantitative estimate of drug-likeness (QED) is 0.501. The summed E-state index contributed by atoms with van der Waals surface area (Å²) < 4.78 is 29.3. The molecule has 2 aromatic carbocycles. The van der Waals surface area contributed by atoms with Crippen LogP contribution in [0.25, 0.3) is 16.7 Å². The molecule has 19 heavy (non-hydrogen) atoms. The average Bonchev–Trinajstić information content (AvgIpc) is 2.70. The van der Waals surface area contributed by atoms with Gasteiger partial charge in [-0.2, -0.15) is 0 Å². The zero-order valence-electron chi connectivity index (χ0n) is 9.45. The number of fused-ring (bicyclic) bond motifs is 1. The SMILES string of the molecule is Fc1cc(F)c(-n2c(=S)[nH]c3ccccc32)cc1Br. The van der Waals surface area contributed by atoms with E-state index in [0.717, 1.165) is 17.1 Å². The van der Waals surface area contributed by atoms with E-state index < -0.39 is 11.6 Å². The summed E-state index contributed by atoms with van der Waals surface area (Å²) in [5.74, 6) is -1.31. The van der Waals surface area contributed by atoms with Crippen LogP contribution >= 0.6 is 28.1 Å². The van der Waals surface area contributed by atoms with Crippen molar-refractivity contribution in [1.29, 1.82) is 0 Å². The van der Waals surface area contributed by atoms with Crippen molar-refractivity contribution in [3.05, 3.63) is 57.3 Å². The van der Waals surface area contributed by atoms with Crippen molar-refractivity contribution in [2.75, 3.05) is 0 Å². The summed E-state index contributed by atoms with van der Waals surface area (Å²) in [5.41, 5.74) is 1.74. The fraction of sp³-hybridized carbons (Fsp3) is 0. The second kappa shape index (κ2) is 4.54. The molecule has 3 rings (SSSR count). The van der Waals surface area contributed by atoms with Gasteiger partial charge in [-0.3, -0.25) is 4.57 Å². The Morgan fingerprint density at radius 2 is 1.84 bits per heavy atom. The van der Waals surface area contributed by atoms with Gasteiger partial charge in [-0.25, -0.2) is 8.78 Å². The zero-order chi connectivity index (χ0) is 13.6. The van der Waals surface area contributed by atoms with E-state index in [1.54, 1.807) is 4.57 Å². The molecule has 1 aromatic heterocycles. The molecule has 1 heterocycles. The second-order valence-electron chi connectivity index (χ2n) is 4.00. The van der Waals surface area contributed by atoms with Crippen LogP contribution < -0.4 is 0 Å². The summed E-state index contributed by atoms with van der Waals surface area (Å²) in [6, 6.07) is 9.56. The highest BCUT2D eigenvalue weighted by Crippen LogP contribution is 2.26. The lowest BCUT2D eigenvalue weighted by atomic mass is 10.2. The molecule has 1 N–H and O–H groups in total. The molecule has 0 aliphatic carbocycles. The number of halogens is 3. The molecular weight excluding hydrogens is 334 g/mol. The molecule has 0 atom stereocenters. The predicted octanol–water partition coefficient (Wildman–Crippen LogP) is 4.73. The van der Waals surface area contributed by atoms with Gasteiger partial charge in [0.15, 0.2) is 4.77 Å². The molecule has 3 aromatic rings. The Balaban J connectivity index is 2.40. The molecule has 0 radical (unpaired) electrons. The summed E-state index contributed by atoms with van der Waals surface area (Å²) in [6.07, 6.45) is 0. The highest BCUT2D eigenvalue weighted by atomic mass is 79.9. The minimum atomic E-state index is -0.665. The van der Waals surface area contributed by atoms with E-state index in [0.29, 0.717) is 4.77 Å². The van der Waals surface area contributed by atoms with Gasteiger partial charge in [0.1, 0.15) is 11.6 Å². The third-order valence-corrected chi connectivity index (χ3v) is 3.71. The van der Waals surface area contributed by atoms with Crippen molar-refractivity contribution >= 4 is 39.2 Å². The van der Waals surface area contributed by atoms with Gasteiger partial charge in [-0.05, 0) is 46.3 Å². The largest absolute Gasteiger partial charge is 0.330 e. The van der Waals surface area contributed by atoms with Gasteiger partial charge in [0.2, 0.25) is 0 Å². The maximum atomic E-state index is 14.0. The molecule has 96 valence electrons. The molecule has 0 spiro atoms. The Hall–Kier alpha value is -1.53. The van der Waals surface area contributed by atoms with Crippen molar-refractivity contribution in [1.82, 2.24) is 9.55 Å². The monoisotopic (exact) mass is 340 g/mol. The molecule has 2 nitrogen and oxygen atoms in total. The van der Waals surface area contributed by atoms with E-state index in [9.17, 15) is 8.78 Å². The number of nitrogens with one attached hydrogen (secondary N) is 1. The summed E-state index contributed by atoms with van der Waals surface area (Å²) in [7, 11) is 0. The van der Waals surface area contributed by atoms with E-state index in [1.165, 1.54) is 6.07 Å². The zero-order valence-corrected chi connectivity index (χ0v) is 11.9. The average molecular weight is 341 g/mol. The van der Waals surface area contributed by atoms with Gasteiger partial charge in [-0.1, -0.05) is 12.1 Å². The number of imidazole rings is 1. The topological polar surface area (TPSA) is 20.7 Å². The van der Waals surface area contributed by atoms with Gasteiger partial charge in [0, 0.05) is 6.07 Å². The first-order valence-corrected chi connectivity index (χ1v) is 6.63. The Morgan fingerprint density at radius 3 is 2.63 bits per heavy atom. The number of hydrogen-bond donors (Lipinski definition) is 1.